The van der Waals surface area contributed by atoms with Gasteiger partial charge in [0.1, 0.15) is 5.76 Å². The van der Waals surface area contributed by atoms with E-state index in [0.717, 1.165) is 44.3 Å². The minimum atomic E-state index is -0.0828. The maximum atomic E-state index is 13.2. The Kier molecular flexibility index (Phi) is 4.80. The summed E-state index contributed by atoms with van der Waals surface area (Å²) in [6.07, 6.45) is 4.36. The first-order chi connectivity index (χ1) is 13.2. The molecule has 0 saturated carbocycles. The monoisotopic (exact) mass is 361 g/mol. The van der Waals surface area contributed by atoms with Crippen LogP contribution in [0.25, 0.3) is 22.3 Å². The van der Waals surface area contributed by atoms with E-state index in [0.29, 0.717) is 27.9 Å². The van der Waals surface area contributed by atoms with Crippen LogP contribution in [0, 0.1) is 6.92 Å². The van der Waals surface area contributed by atoms with Crippen LogP contribution in [0.5, 0.6) is 0 Å². The van der Waals surface area contributed by atoms with Crippen LogP contribution in [0.3, 0.4) is 0 Å². The fourth-order valence-corrected chi connectivity index (χ4v) is 3.79. The number of nitrogens with zero attached hydrogens (tertiary/aromatic N) is 1. The third kappa shape index (κ3) is 3.27. The third-order valence-corrected chi connectivity index (χ3v) is 5.30. The van der Waals surface area contributed by atoms with E-state index in [9.17, 15) is 9.59 Å². The highest BCUT2D eigenvalue weighted by Crippen LogP contribution is 2.28. The first kappa shape index (κ1) is 17.5. The molecule has 1 fully saturated rings. The molecule has 4 heteroatoms. The van der Waals surface area contributed by atoms with Gasteiger partial charge in [-0.3, -0.25) is 9.59 Å². The van der Waals surface area contributed by atoms with Crippen molar-refractivity contribution in [1.29, 1.82) is 0 Å². The van der Waals surface area contributed by atoms with Gasteiger partial charge in [-0.05, 0) is 31.9 Å². The van der Waals surface area contributed by atoms with Crippen LogP contribution in [0.15, 0.2) is 57.7 Å². The average molecular weight is 361 g/mol. The molecule has 2 heterocycles. The highest BCUT2D eigenvalue weighted by Gasteiger charge is 2.22. The molecule has 0 unspecified atom stereocenters. The van der Waals surface area contributed by atoms with Gasteiger partial charge in [-0.15, -0.1) is 0 Å². The summed E-state index contributed by atoms with van der Waals surface area (Å²) < 4.78 is 6.19. The maximum Gasteiger partial charge on any atom is 0.257 e. The Balaban J connectivity index is 1.88. The first-order valence-electron chi connectivity index (χ1n) is 9.58. The second kappa shape index (κ2) is 7.39. The molecule has 1 aliphatic rings. The van der Waals surface area contributed by atoms with Crippen molar-refractivity contribution in [2.45, 2.75) is 32.6 Å². The molecule has 0 spiro atoms. The molecule has 27 heavy (non-hydrogen) atoms. The number of amides is 1. The van der Waals surface area contributed by atoms with Crippen molar-refractivity contribution in [1.82, 2.24) is 4.90 Å². The van der Waals surface area contributed by atoms with Gasteiger partial charge >= 0.3 is 0 Å². The van der Waals surface area contributed by atoms with Crippen LogP contribution in [-0.2, 0) is 0 Å². The molecule has 1 amide bonds. The van der Waals surface area contributed by atoms with E-state index in [1.54, 1.807) is 25.1 Å². The molecule has 0 atom stereocenters. The van der Waals surface area contributed by atoms with Gasteiger partial charge in [-0.25, -0.2) is 0 Å². The number of rotatable bonds is 2. The molecule has 4 rings (SSSR count). The molecule has 1 saturated heterocycles. The summed E-state index contributed by atoms with van der Waals surface area (Å²) in [4.78, 5) is 28.0. The number of fused-ring (bicyclic) bond motifs is 1. The Bertz CT molecular complexity index is 1030. The quantitative estimate of drug-likeness (QED) is 0.660. The standard InChI is InChI=1S/C23H23NO3/c1-16-20(25)18-12-9-13-19(23(26)24-14-7-2-3-8-15-24)22(18)27-21(16)17-10-5-4-6-11-17/h4-6,9-13H,2-3,7-8,14-15H2,1H3. The van der Waals surface area contributed by atoms with Crippen LogP contribution in [0.2, 0.25) is 0 Å². The third-order valence-electron chi connectivity index (χ3n) is 5.30. The largest absolute Gasteiger partial charge is 0.455 e. The zero-order chi connectivity index (χ0) is 18.8. The van der Waals surface area contributed by atoms with Gasteiger partial charge in [0.25, 0.3) is 5.91 Å². The lowest BCUT2D eigenvalue weighted by Gasteiger charge is -2.21. The summed E-state index contributed by atoms with van der Waals surface area (Å²) in [7, 11) is 0. The van der Waals surface area contributed by atoms with Crippen molar-refractivity contribution in [2.75, 3.05) is 13.1 Å². The summed E-state index contributed by atoms with van der Waals surface area (Å²) in [5, 5.41) is 0.466. The number of carbonyl (C=O) groups is 1. The lowest BCUT2D eigenvalue weighted by Crippen LogP contribution is -2.32. The number of carbonyl (C=O) groups excluding carboxylic acids is 1. The average Bonchev–Trinajstić information content (AvgIpc) is 3.00. The van der Waals surface area contributed by atoms with Gasteiger partial charge in [-0.1, -0.05) is 49.2 Å². The molecular weight excluding hydrogens is 338 g/mol. The first-order valence-corrected chi connectivity index (χ1v) is 9.58. The summed E-state index contributed by atoms with van der Waals surface area (Å²) in [6, 6.07) is 14.8. The van der Waals surface area contributed by atoms with Gasteiger partial charge in [0, 0.05) is 24.2 Å². The number of likely N-dealkylation sites (tertiary alicyclic amines) is 1. The number of hydrogen-bond donors (Lipinski definition) is 0. The SMILES string of the molecule is Cc1c(-c2ccccc2)oc2c(C(=O)N3CCCCCC3)cccc2c1=O. The zero-order valence-electron chi connectivity index (χ0n) is 15.5. The van der Waals surface area contributed by atoms with Crippen molar-refractivity contribution in [3.8, 4) is 11.3 Å². The molecule has 1 aliphatic heterocycles. The Morgan fingerprint density at radius 3 is 2.33 bits per heavy atom. The summed E-state index contributed by atoms with van der Waals surface area (Å²) in [5.74, 6) is 0.484. The zero-order valence-corrected chi connectivity index (χ0v) is 15.5. The highest BCUT2D eigenvalue weighted by atomic mass is 16.3. The minimum absolute atomic E-state index is 0.0477. The summed E-state index contributed by atoms with van der Waals surface area (Å²) >= 11 is 0. The fraction of sp³-hybridized carbons (Fsp3) is 0.304. The van der Waals surface area contributed by atoms with E-state index in [2.05, 4.69) is 0 Å². The Hall–Kier alpha value is -2.88. The van der Waals surface area contributed by atoms with E-state index in [1.807, 2.05) is 35.2 Å². The Morgan fingerprint density at radius 2 is 1.63 bits per heavy atom. The van der Waals surface area contributed by atoms with Gasteiger partial charge in [-0.2, -0.15) is 0 Å². The molecule has 0 N–H and O–H groups in total. The summed E-state index contributed by atoms with van der Waals surface area (Å²) in [5.41, 5.74) is 2.18. The number of benzene rings is 2. The second-order valence-corrected chi connectivity index (χ2v) is 7.14. The van der Waals surface area contributed by atoms with E-state index in [4.69, 9.17) is 4.42 Å². The van der Waals surface area contributed by atoms with Crippen LogP contribution >= 0.6 is 0 Å². The van der Waals surface area contributed by atoms with Crippen molar-refractivity contribution in [2.24, 2.45) is 0 Å². The molecule has 0 bridgehead atoms. The van der Waals surface area contributed by atoms with E-state index < -0.39 is 0 Å². The lowest BCUT2D eigenvalue weighted by molar-refractivity contribution is 0.0762. The molecule has 138 valence electrons. The second-order valence-electron chi connectivity index (χ2n) is 7.14. The van der Waals surface area contributed by atoms with E-state index in [1.165, 1.54) is 0 Å². The van der Waals surface area contributed by atoms with Crippen LogP contribution in [-0.4, -0.2) is 23.9 Å². The van der Waals surface area contributed by atoms with Crippen molar-refractivity contribution >= 4 is 16.9 Å². The fourth-order valence-electron chi connectivity index (χ4n) is 3.79. The molecule has 1 aromatic heterocycles. The minimum Gasteiger partial charge on any atom is -0.455 e. The number of para-hydroxylation sites is 1. The smallest absolute Gasteiger partial charge is 0.257 e. The molecular formula is C23H23NO3. The van der Waals surface area contributed by atoms with Crippen molar-refractivity contribution in [3.63, 3.8) is 0 Å². The van der Waals surface area contributed by atoms with Crippen LogP contribution in [0.4, 0.5) is 0 Å². The lowest BCUT2D eigenvalue weighted by atomic mass is 10.0. The van der Waals surface area contributed by atoms with Gasteiger partial charge < -0.3 is 9.32 Å². The van der Waals surface area contributed by atoms with Gasteiger partial charge in [0.05, 0.1) is 10.9 Å². The molecule has 0 radical (unpaired) electrons. The molecule has 4 nitrogen and oxygen atoms in total. The number of hydrogen-bond acceptors (Lipinski definition) is 3. The predicted octanol–water partition coefficient (Wildman–Crippen LogP) is 4.78. The van der Waals surface area contributed by atoms with Crippen LogP contribution < -0.4 is 5.43 Å². The molecule has 2 aromatic carbocycles. The Labute approximate surface area is 158 Å². The maximum absolute atomic E-state index is 13.2. The van der Waals surface area contributed by atoms with E-state index >= 15 is 0 Å². The molecule has 0 aliphatic carbocycles. The highest BCUT2D eigenvalue weighted by molar-refractivity contribution is 6.05. The summed E-state index contributed by atoms with van der Waals surface area (Å²) in [6.45, 7) is 3.30. The Morgan fingerprint density at radius 1 is 0.926 bits per heavy atom. The predicted molar refractivity (Wildman–Crippen MR) is 107 cm³/mol. The van der Waals surface area contributed by atoms with Crippen molar-refractivity contribution < 1.29 is 9.21 Å². The van der Waals surface area contributed by atoms with Crippen LogP contribution in [0.1, 0.15) is 41.6 Å². The normalized spacial score (nSPS) is 14.9. The van der Waals surface area contributed by atoms with E-state index in [-0.39, 0.29) is 11.3 Å². The van der Waals surface area contributed by atoms with Gasteiger partial charge in [0.2, 0.25) is 0 Å². The topological polar surface area (TPSA) is 50.5 Å². The van der Waals surface area contributed by atoms with Crippen molar-refractivity contribution in [3.05, 3.63) is 69.9 Å². The van der Waals surface area contributed by atoms with Gasteiger partial charge in [0.15, 0.2) is 11.0 Å². The molecule has 3 aromatic rings.